The molecule has 1 atom stereocenters. The molecule has 0 aliphatic heterocycles. The zero-order valence-corrected chi connectivity index (χ0v) is 9.28. The van der Waals surface area contributed by atoms with Gasteiger partial charge >= 0.3 is 0 Å². The van der Waals surface area contributed by atoms with Crippen LogP contribution in [0.3, 0.4) is 0 Å². The Morgan fingerprint density at radius 3 is 2.71 bits per heavy atom. The van der Waals surface area contributed by atoms with E-state index in [9.17, 15) is 5.11 Å². The SMILES string of the molecule is CC(NCC(C)(C)O)c1nccn1C. The number of hydrogen-bond donors (Lipinski definition) is 2. The van der Waals surface area contributed by atoms with Crippen molar-refractivity contribution in [3.63, 3.8) is 0 Å². The molecule has 4 nitrogen and oxygen atoms in total. The minimum absolute atomic E-state index is 0.154. The van der Waals surface area contributed by atoms with Crippen LogP contribution < -0.4 is 5.32 Å². The Balaban J connectivity index is 2.51. The van der Waals surface area contributed by atoms with Crippen LogP contribution in [-0.2, 0) is 7.05 Å². The van der Waals surface area contributed by atoms with Gasteiger partial charge in [0.25, 0.3) is 0 Å². The van der Waals surface area contributed by atoms with Crippen LogP contribution in [0.25, 0.3) is 0 Å². The highest BCUT2D eigenvalue weighted by molar-refractivity contribution is 4.97. The monoisotopic (exact) mass is 197 g/mol. The van der Waals surface area contributed by atoms with E-state index in [0.717, 1.165) is 5.82 Å². The lowest BCUT2D eigenvalue weighted by Crippen LogP contribution is -2.36. The van der Waals surface area contributed by atoms with Gasteiger partial charge in [0, 0.05) is 26.0 Å². The molecule has 0 aliphatic rings. The van der Waals surface area contributed by atoms with Crippen molar-refractivity contribution in [3.05, 3.63) is 18.2 Å². The highest BCUT2D eigenvalue weighted by atomic mass is 16.3. The molecule has 0 saturated heterocycles. The predicted octanol–water partition coefficient (Wildman–Crippen LogP) is 0.842. The Morgan fingerprint density at radius 2 is 2.29 bits per heavy atom. The van der Waals surface area contributed by atoms with Crippen LogP contribution in [0, 0.1) is 0 Å². The molecule has 0 aliphatic carbocycles. The fraction of sp³-hybridized carbons (Fsp3) is 0.700. The maximum absolute atomic E-state index is 9.54. The zero-order valence-electron chi connectivity index (χ0n) is 9.28. The molecule has 0 spiro atoms. The number of aliphatic hydroxyl groups is 1. The third-order valence-corrected chi connectivity index (χ3v) is 2.09. The van der Waals surface area contributed by atoms with Crippen LogP contribution in [0.4, 0.5) is 0 Å². The van der Waals surface area contributed by atoms with Crippen molar-refractivity contribution in [1.29, 1.82) is 0 Å². The molecule has 0 aromatic carbocycles. The Morgan fingerprint density at radius 1 is 1.64 bits per heavy atom. The zero-order chi connectivity index (χ0) is 10.8. The first-order chi connectivity index (χ1) is 6.40. The van der Waals surface area contributed by atoms with Gasteiger partial charge in [-0.15, -0.1) is 0 Å². The number of rotatable bonds is 4. The van der Waals surface area contributed by atoms with Crippen LogP contribution in [0.2, 0.25) is 0 Å². The first-order valence-electron chi connectivity index (χ1n) is 4.83. The van der Waals surface area contributed by atoms with Crippen LogP contribution in [0.5, 0.6) is 0 Å². The standard InChI is InChI=1S/C10H19N3O/c1-8(12-7-10(2,3)14)9-11-5-6-13(9)4/h5-6,8,12,14H,7H2,1-4H3. The molecule has 1 heterocycles. The molecule has 4 heteroatoms. The summed E-state index contributed by atoms with van der Waals surface area (Å²) in [6, 6.07) is 0.154. The summed E-state index contributed by atoms with van der Waals surface area (Å²) in [5.74, 6) is 0.981. The number of nitrogens with zero attached hydrogens (tertiary/aromatic N) is 2. The second-order valence-corrected chi connectivity index (χ2v) is 4.31. The summed E-state index contributed by atoms with van der Waals surface area (Å²) in [5.41, 5.74) is -0.681. The van der Waals surface area contributed by atoms with Gasteiger partial charge in [0.1, 0.15) is 5.82 Å². The lowest BCUT2D eigenvalue weighted by atomic mass is 10.1. The summed E-state index contributed by atoms with van der Waals surface area (Å²) in [6.45, 7) is 6.16. The molecule has 1 aromatic rings. The highest BCUT2D eigenvalue weighted by Gasteiger charge is 2.16. The molecule has 0 bridgehead atoms. The van der Waals surface area contributed by atoms with Crippen molar-refractivity contribution in [2.75, 3.05) is 6.54 Å². The third-order valence-electron chi connectivity index (χ3n) is 2.09. The van der Waals surface area contributed by atoms with E-state index in [1.165, 1.54) is 0 Å². The largest absolute Gasteiger partial charge is 0.389 e. The van der Waals surface area contributed by atoms with Crippen molar-refractivity contribution in [3.8, 4) is 0 Å². The second kappa shape index (κ2) is 4.11. The van der Waals surface area contributed by atoms with E-state index in [1.54, 1.807) is 20.0 Å². The van der Waals surface area contributed by atoms with Crippen LogP contribution in [0.1, 0.15) is 32.6 Å². The molecule has 1 aromatic heterocycles. The molecule has 2 N–H and O–H groups in total. The summed E-state index contributed by atoms with van der Waals surface area (Å²) >= 11 is 0. The van der Waals surface area contributed by atoms with E-state index in [0.29, 0.717) is 6.54 Å². The summed E-state index contributed by atoms with van der Waals surface area (Å²) in [5, 5.41) is 12.8. The Labute approximate surface area is 85.0 Å². The second-order valence-electron chi connectivity index (χ2n) is 4.31. The van der Waals surface area contributed by atoms with E-state index in [4.69, 9.17) is 0 Å². The number of imidazole rings is 1. The predicted molar refractivity (Wildman–Crippen MR) is 55.9 cm³/mol. The average Bonchev–Trinajstić information content (AvgIpc) is 2.46. The quantitative estimate of drug-likeness (QED) is 0.752. The number of aryl methyl sites for hydroxylation is 1. The lowest BCUT2D eigenvalue weighted by molar-refractivity contribution is 0.0766. The Hall–Kier alpha value is -0.870. The normalized spacial score (nSPS) is 14.4. The Kier molecular flexibility index (Phi) is 3.29. The van der Waals surface area contributed by atoms with Gasteiger partial charge in [-0.1, -0.05) is 0 Å². The van der Waals surface area contributed by atoms with E-state index in [-0.39, 0.29) is 6.04 Å². The van der Waals surface area contributed by atoms with Crippen LogP contribution in [0.15, 0.2) is 12.4 Å². The molecule has 0 saturated carbocycles. The fourth-order valence-electron chi connectivity index (χ4n) is 1.29. The van der Waals surface area contributed by atoms with Crippen molar-refractivity contribution in [2.45, 2.75) is 32.4 Å². The van der Waals surface area contributed by atoms with Crippen molar-refractivity contribution >= 4 is 0 Å². The first kappa shape index (κ1) is 11.2. The minimum Gasteiger partial charge on any atom is -0.389 e. The first-order valence-corrected chi connectivity index (χ1v) is 4.83. The number of nitrogens with one attached hydrogen (secondary N) is 1. The molecule has 14 heavy (non-hydrogen) atoms. The average molecular weight is 197 g/mol. The third kappa shape index (κ3) is 3.12. The van der Waals surface area contributed by atoms with Gasteiger partial charge in [-0.3, -0.25) is 0 Å². The van der Waals surface area contributed by atoms with Gasteiger partial charge in [-0.25, -0.2) is 4.98 Å². The Bertz CT molecular complexity index is 288. The molecule has 1 unspecified atom stereocenters. The van der Waals surface area contributed by atoms with E-state index in [2.05, 4.69) is 10.3 Å². The van der Waals surface area contributed by atoms with Gasteiger partial charge in [0.15, 0.2) is 0 Å². The summed E-state index contributed by atoms with van der Waals surface area (Å²) in [7, 11) is 1.96. The van der Waals surface area contributed by atoms with Crippen molar-refractivity contribution < 1.29 is 5.11 Å². The van der Waals surface area contributed by atoms with Gasteiger partial charge in [-0.2, -0.15) is 0 Å². The molecule has 0 fully saturated rings. The van der Waals surface area contributed by atoms with Gasteiger partial charge in [0.2, 0.25) is 0 Å². The topological polar surface area (TPSA) is 50.1 Å². The van der Waals surface area contributed by atoms with Crippen LogP contribution in [-0.4, -0.2) is 26.8 Å². The van der Waals surface area contributed by atoms with Gasteiger partial charge < -0.3 is 15.0 Å². The fourth-order valence-corrected chi connectivity index (χ4v) is 1.29. The van der Waals surface area contributed by atoms with E-state index in [1.807, 2.05) is 24.7 Å². The van der Waals surface area contributed by atoms with E-state index >= 15 is 0 Å². The molecular formula is C10H19N3O. The van der Waals surface area contributed by atoms with Gasteiger partial charge in [0.05, 0.1) is 11.6 Å². The van der Waals surface area contributed by atoms with Gasteiger partial charge in [-0.05, 0) is 20.8 Å². The number of hydrogen-bond acceptors (Lipinski definition) is 3. The molecule has 1 rings (SSSR count). The summed E-state index contributed by atoms with van der Waals surface area (Å²) < 4.78 is 1.97. The maximum atomic E-state index is 9.54. The molecule has 0 radical (unpaired) electrons. The maximum Gasteiger partial charge on any atom is 0.125 e. The van der Waals surface area contributed by atoms with Crippen molar-refractivity contribution in [1.82, 2.24) is 14.9 Å². The lowest BCUT2D eigenvalue weighted by Gasteiger charge is -2.21. The molecule has 80 valence electrons. The van der Waals surface area contributed by atoms with Crippen LogP contribution >= 0.6 is 0 Å². The molecular weight excluding hydrogens is 178 g/mol. The summed E-state index contributed by atoms with van der Waals surface area (Å²) in [6.07, 6.45) is 3.69. The summed E-state index contributed by atoms with van der Waals surface area (Å²) in [4.78, 5) is 4.24. The number of aromatic nitrogens is 2. The smallest absolute Gasteiger partial charge is 0.125 e. The van der Waals surface area contributed by atoms with E-state index < -0.39 is 5.60 Å². The van der Waals surface area contributed by atoms with Crippen molar-refractivity contribution in [2.24, 2.45) is 7.05 Å². The minimum atomic E-state index is -0.681. The molecule has 0 amide bonds. The highest BCUT2D eigenvalue weighted by Crippen LogP contribution is 2.09.